The summed E-state index contributed by atoms with van der Waals surface area (Å²) in [5.41, 5.74) is 1.13. The molecule has 2 N–H and O–H groups in total. The van der Waals surface area contributed by atoms with Gasteiger partial charge in [0.25, 0.3) is 0 Å². The van der Waals surface area contributed by atoms with Gasteiger partial charge in [-0.3, -0.25) is 19.5 Å². The second-order valence-electron chi connectivity index (χ2n) is 7.11. The molecule has 1 heterocycles. The minimum atomic E-state index is -1.05. The zero-order valence-corrected chi connectivity index (χ0v) is 17.2. The maximum atomic E-state index is 13.7. The van der Waals surface area contributed by atoms with Crippen LogP contribution >= 0.6 is 0 Å². The highest BCUT2D eigenvalue weighted by atomic mass is 19.1. The van der Waals surface area contributed by atoms with Gasteiger partial charge in [0.15, 0.2) is 0 Å². The van der Waals surface area contributed by atoms with Crippen molar-refractivity contribution < 1.29 is 18.7 Å². The molecule has 2 rings (SSSR count). The van der Waals surface area contributed by atoms with Crippen LogP contribution < -0.4 is 10.6 Å². The van der Waals surface area contributed by atoms with Gasteiger partial charge in [0.2, 0.25) is 5.91 Å². The molecule has 29 heavy (non-hydrogen) atoms. The van der Waals surface area contributed by atoms with Crippen molar-refractivity contribution in [1.29, 1.82) is 5.26 Å². The SMILES string of the molecule is CCOC(=O)C(C)(C)NCC(=O)Nc1c(C#N)c(C)c(C)n1-c1cccc(F)c1. The lowest BCUT2D eigenvalue weighted by Crippen LogP contribution is -2.50. The summed E-state index contributed by atoms with van der Waals surface area (Å²) in [4.78, 5) is 24.5. The van der Waals surface area contributed by atoms with Crippen LogP contribution in [0, 0.1) is 31.0 Å². The largest absolute Gasteiger partial charge is 0.465 e. The van der Waals surface area contributed by atoms with Gasteiger partial charge in [-0.25, -0.2) is 4.39 Å². The van der Waals surface area contributed by atoms with E-state index in [1.165, 1.54) is 12.1 Å². The van der Waals surface area contributed by atoms with Gasteiger partial charge in [0.1, 0.15) is 23.2 Å². The highest BCUT2D eigenvalue weighted by Gasteiger charge is 2.29. The predicted molar refractivity (Wildman–Crippen MR) is 107 cm³/mol. The van der Waals surface area contributed by atoms with E-state index in [1.807, 2.05) is 0 Å². The summed E-state index contributed by atoms with van der Waals surface area (Å²) in [5.74, 6) is -1.09. The summed E-state index contributed by atoms with van der Waals surface area (Å²) >= 11 is 0. The number of hydrogen-bond donors (Lipinski definition) is 2. The van der Waals surface area contributed by atoms with Crippen LogP contribution in [-0.2, 0) is 14.3 Å². The van der Waals surface area contributed by atoms with Crippen LogP contribution in [0.4, 0.5) is 10.2 Å². The fourth-order valence-electron chi connectivity index (χ4n) is 2.86. The van der Waals surface area contributed by atoms with E-state index in [0.29, 0.717) is 22.5 Å². The fourth-order valence-corrected chi connectivity index (χ4v) is 2.86. The number of esters is 1. The molecule has 2 aromatic rings. The third-order valence-corrected chi connectivity index (χ3v) is 4.63. The van der Waals surface area contributed by atoms with Crippen molar-refractivity contribution in [2.24, 2.45) is 0 Å². The molecule has 1 aromatic carbocycles. The minimum absolute atomic E-state index is 0.177. The van der Waals surface area contributed by atoms with E-state index in [2.05, 4.69) is 16.7 Å². The Labute approximate surface area is 169 Å². The summed E-state index contributed by atoms with van der Waals surface area (Å²) in [6, 6.07) is 7.99. The Bertz CT molecular complexity index is 973. The second kappa shape index (κ2) is 8.88. The average molecular weight is 400 g/mol. The third kappa shape index (κ3) is 4.81. The Hall–Kier alpha value is -3.18. The van der Waals surface area contributed by atoms with Gasteiger partial charge in [-0.1, -0.05) is 6.07 Å². The summed E-state index contributed by atoms with van der Waals surface area (Å²) < 4.78 is 20.4. The van der Waals surface area contributed by atoms with Gasteiger partial charge in [-0.15, -0.1) is 0 Å². The van der Waals surface area contributed by atoms with E-state index >= 15 is 0 Å². The number of halogens is 1. The van der Waals surface area contributed by atoms with Crippen LogP contribution in [-0.4, -0.2) is 35.1 Å². The molecule has 0 saturated carbocycles. The Kier molecular flexibility index (Phi) is 6.77. The van der Waals surface area contributed by atoms with Crippen molar-refractivity contribution in [1.82, 2.24) is 9.88 Å². The highest BCUT2D eigenvalue weighted by molar-refractivity contribution is 5.94. The van der Waals surface area contributed by atoms with Gasteiger partial charge >= 0.3 is 5.97 Å². The lowest BCUT2D eigenvalue weighted by molar-refractivity contribution is -0.149. The quantitative estimate of drug-likeness (QED) is 0.697. The van der Waals surface area contributed by atoms with Crippen LogP contribution in [0.2, 0.25) is 0 Å². The number of hydrogen-bond acceptors (Lipinski definition) is 5. The lowest BCUT2D eigenvalue weighted by Gasteiger charge is -2.23. The summed E-state index contributed by atoms with van der Waals surface area (Å²) in [6.07, 6.45) is 0. The van der Waals surface area contributed by atoms with Gasteiger partial charge in [-0.2, -0.15) is 5.26 Å². The molecule has 1 amide bonds. The smallest absolute Gasteiger partial charge is 0.325 e. The minimum Gasteiger partial charge on any atom is -0.465 e. The van der Waals surface area contributed by atoms with E-state index in [9.17, 15) is 19.2 Å². The Balaban J connectivity index is 2.31. The van der Waals surface area contributed by atoms with Gasteiger partial charge < -0.3 is 10.1 Å². The van der Waals surface area contributed by atoms with E-state index < -0.39 is 23.2 Å². The molecule has 0 aliphatic heterocycles. The van der Waals surface area contributed by atoms with E-state index in [4.69, 9.17) is 4.74 Å². The van der Waals surface area contributed by atoms with E-state index in [-0.39, 0.29) is 19.0 Å². The molecule has 0 radical (unpaired) electrons. The van der Waals surface area contributed by atoms with E-state index in [0.717, 1.165) is 0 Å². The molecule has 8 heteroatoms. The lowest BCUT2D eigenvalue weighted by atomic mass is 10.1. The molecule has 0 atom stereocenters. The average Bonchev–Trinajstić information content (AvgIpc) is 2.90. The number of nitrogens with zero attached hydrogens (tertiary/aromatic N) is 2. The van der Waals surface area contributed by atoms with Crippen LogP contribution in [0.3, 0.4) is 0 Å². The summed E-state index contributed by atoms with van der Waals surface area (Å²) in [5, 5.41) is 15.1. The molecule has 0 fully saturated rings. The van der Waals surface area contributed by atoms with Crippen LogP contribution in [0.15, 0.2) is 24.3 Å². The number of benzene rings is 1. The fraction of sp³-hybridized carbons (Fsp3) is 0.381. The van der Waals surface area contributed by atoms with Crippen molar-refractivity contribution >= 4 is 17.7 Å². The standard InChI is InChI=1S/C21H25FN4O3/c1-6-29-20(28)21(4,5)24-12-18(27)25-19-17(11-23)13(2)14(3)26(19)16-9-7-8-15(22)10-16/h7-10,24H,6,12H2,1-5H3,(H,25,27). The van der Waals surface area contributed by atoms with Crippen LogP contribution in [0.1, 0.15) is 37.6 Å². The van der Waals surface area contributed by atoms with Crippen molar-refractivity contribution in [3.63, 3.8) is 0 Å². The topological polar surface area (TPSA) is 96.2 Å². The molecule has 0 saturated heterocycles. The number of nitrogens with one attached hydrogen (secondary N) is 2. The number of rotatable bonds is 7. The first kappa shape index (κ1) is 22.1. The number of aromatic nitrogens is 1. The first-order valence-electron chi connectivity index (χ1n) is 9.22. The normalized spacial score (nSPS) is 11.1. The second-order valence-corrected chi connectivity index (χ2v) is 7.11. The maximum absolute atomic E-state index is 13.7. The third-order valence-electron chi connectivity index (χ3n) is 4.63. The van der Waals surface area contributed by atoms with Gasteiger partial charge in [-0.05, 0) is 58.4 Å². The Morgan fingerprint density at radius 3 is 2.59 bits per heavy atom. The number of carbonyl (C=O) groups excluding carboxylic acids is 2. The van der Waals surface area contributed by atoms with E-state index in [1.54, 1.807) is 51.3 Å². The van der Waals surface area contributed by atoms with Crippen molar-refractivity contribution in [2.75, 3.05) is 18.5 Å². The molecule has 0 aliphatic rings. The zero-order valence-electron chi connectivity index (χ0n) is 17.2. The Morgan fingerprint density at radius 2 is 2.00 bits per heavy atom. The monoisotopic (exact) mass is 400 g/mol. The van der Waals surface area contributed by atoms with Gasteiger partial charge in [0, 0.05) is 5.69 Å². The molecule has 0 bridgehead atoms. The number of ether oxygens (including phenoxy) is 1. The molecule has 154 valence electrons. The molecule has 7 nitrogen and oxygen atoms in total. The predicted octanol–water partition coefficient (Wildman–Crippen LogP) is 2.97. The van der Waals surface area contributed by atoms with Crippen LogP contribution in [0.5, 0.6) is 0 Å². The van der Waals surface area contributed by atoms with Gasteiger partial charge in [0.05, 0.1) is 24.4 Å². The summed E-state index contributed by atoms with van der Waals surface area (Å²) in [7, 11) is 0. The molecule has 0 spiro atoms. The molecular weight excluding hydrogens is 375 g/mol. The number of anilines is 1. The first-order valence-corrected chi connectivity index (χ1v) is 9.22. The molecule has 0 unspecified atom stereocenters. The zero-order chi connectivity index (χ0) is 21.8. The first-order chi connectivity index (χ1) is 13.6. The summed E-state index contributed by atoms with van der Waals surface area (Å²) in [6.45, 7) is 8.55. The molecule has 0 aliphatic carbocycles. The van der Waals surface area contributed by atoms with Crippen molar-refractivity contribution in [2.45, 2.75) is 40.2 Å². The van der Waals surface area contributed by atoms with Crippen molar-refractivity contribution in [3.05, 3.63) is 46.9 Å². The number of nitriles is 1. The van der Waals surface area contributed by atoms with Crippen molar-refractivity contribution in [3.8, 4) is 11.8 Å². The number of amides is 1. The molecular formula is C21H25FN4O3. The number of carbonyl (C=O) groups is 2. The highest BCUT2D eigenvalue weighted by Crippen LogP contribution is 2.30. The molecule has 1 aromatic heterocycles. The Morgan fingerprint density at radius 1 is 1.31 bits per heavy atom. The van der Waals surface area contributed by atoms with Crippen LogP contribution in [0.25, 0.3) is 5.69 Å². The maximum Gasteiger partial charge on any atom is 0.325 e.